The van der Waals surface area contributed by atoms with Gasteiger partial charge in [0.1, 0.15) is 0 Å². The Morgan fingerprint density at radius 2 is 2.05 bits per heavy atom. The minimum absolute atomic E-state index is 0.0291. The molecule has 2 aromatic rings. The number of halogens is 1. The summed E-state index contributed by atoms with van der Waals surface area (Å²) in [5.41, 5.74) is 5.84. The highest BCUT2D eigenvalue weighted by Gasteiger charge is 2.27. The maximum atomic E-state index is 13.4. The molecule has 0 saturated carbocycles. The maximum Gasteiger partial charge on any atom is 0.244 e. The van der Waals surface area contributed by atoms with Crippen molar-refractivity contribution in [3.8, 4) is 5.75 Å². The summed E-state index contributed by atoms with van der Waals surface area (Å²) in [7, 11) is 0. The zero-order valence-corrected chi connectivity index (χ0v) is 11.8. The van der Waals surface area contributed by atoms with Gasteiger partial charge in [0.25, 0.3) is 0 Å². The van der Waals surface area contributed by atoms with Crippen LogP contribution in [0.2, 0.25) is 0 Å². The molecule has 1 aromatic heterocycles. The van der Waals surface area contributed by atoms with Crippen molar-refractivity contribution >= 4 is 0 Å². The van der Waals surface area contributed by atoms with Crippen LogP contribution in [0.5, 0.6) is 5.75 Å². The molecule has 0 saturated heterocycles. The number of aromatic nitrogens is 2. The molecule has 1 atom stereocenters. The Bertz CT molecular complexity index is 578. The van der Waals surface area contributed by atoms with Crippen LogP contribution in [0.15, 0.2) is 28.8 Å². The monoisotopic (exact) mass is 279 g/mol. The van der Waals surface area contributed by atoms with Crippen LogP contribution in [-0.4, -0.2) is 10.1 Å². The number of benzene rings is 1. The van der Waals surface area contributed by atoms with Crippen molar-refractivity contribution < 1.29 is 13.7 Å². The maximum absolute atomic E-state index is 13.4. The molecular weight excluding hydrogens is 261 g/mol. The van der Waals surface area contributed by atoms with Gasteiger partial charge >= 0.3 is 0 Å². The molecule has 0 aliphatic rings. The van der Waals surface area contributed by atoms with Crippen molar-refractivity contribution in [2.24, 2.45) is 11.1 Å². The number of hydrogen-bond acceptors (Lipinski definition) is 5. The van der Waals surface area contributed by atoms with Gasteiger partial charge in [-0.15, -0.1) is 0 Å². The van der Waals surface area contributed by atoms with E-state index in [1.54, 1.807) is 12.1 Å². The second kappa shape index (κ2) is 5.58. The average molecular weight is 279 g/mol. The van der Waals surface area contributed by atoms with Gasteiger partial charge in [-0.3, -0.25) is 0 Å². The van der Waals surface area contributed by atoms with Crippen LogP contribution >= 0.6 is 0 Å². The summed E-state index contributed by atoms with van der Waals surface area (Å²) in [5.74, 6) is 0.411. The van der Waals surface area contributed by atoms with Crippen molar-refractivity contribution in [1.82, 2.24) is 10.1 Å². The highest BCUT2D eigenvalue weighted by atomic mass is 19.1. The number of hydrogen-bond donors (Lipinski definition) is 1. The van der Waals surface area contributed by atoms with E-state index < -0.39 is 5.82 Å². The van der Waals surface area contributed by atoms with E-state index >= 15 is 0 Å². The summed E-state index contributed by atoms with van der Waals surface area (Å²) in [6, 6.07) is 5.79. The molecule has 1 aromatic carbocycles. The summed E-state index contributed by atoms with van der Waals surface area (Å²) < 4.78 is 23.8. The normalized spacial score (nSPS) is 13.2. The van der Waals surface area contributed by atoms with Crippen LogP contribution in [0.3, 0.4) is 0 Å². The SMILES string of the molecule is CC(C)(C)[C@H](N)c1nc(COc2ccccc2F)no1. The quantitative estimate of drug-likeness (QED) is 0.931. The predicted molar refractivity (Wildman–Crippen MR) is 71.4 cm³/mol. The van der Waals surface area contributed by atoms with E-state index in [1.165, 1.54) is 12.1 Å². The van der Waals surface area contributed by atoms with Gasteiger partial charge in [0.15, 0.2) is 18.2 Å². The lowest BCUT2D eigenvalue weighted by molar-refractivity contribution is 0.247. The summed E-state index contributed by atoms with van der Waals surface area (Å²) in [6.45, 7) is 5.98. The van der Waals surface area contributed by atoms with E-state index in [0.29, 0.717) is 11.7 Å². The molecule has 0 radical (unpaired) electrons. The highest BCUT2D eigenvalue weighted by Crippen LogP contribution is 2.29. The smallest absolute Gasteiger partial charge is 0.244 e. The Balaban J connectivity index is 2.02. The van der Waals surface area contributed by atoms with Gasteiger partial charge in [-0.25, -0.2) is 4.39 Å². The summed E-state index contributed by atoms with van der Waals surface area (Å²) >= 11 is 0. The number of ether oxygens (including phenoxy) is 1. The Morgan fingerprint density at radius 1 is 1.35 bits per heavy atom. The number of rotatable bonds is 4. The van der Waals surface area contributed by atoms with E-state index in [0.717, 1.165) is 0 Å². The van der Waals surface area contributed by atoms with E-state index in [2.05, 4.69) is 10.1 Å². The molecule has 6 heteroatoms. The van der Waals surface area contributed by atoms with Gasteiger partial charge in [0, 0.05) is 0 Å². The fourth-order valence-corrected chi connectivity index (χ4v) is 1.53. The third-order valence-corrected chi connectivity index (χ3v) is 2.88. The standard InChI is InChI=1S/C14H18FN3O2/c1-14(2,3)12(16)13-17-11(18-20-13)8-19-10-7-5-4-6-9(10)15/h4-7,12H,8,16H2,1-3H3/t12-/m1/s1. The van der Waals surface area contributed by atoms with Gasteiger partial charge in [0.05, 0.1) is 6.04 Å². The minimum atomic E-state index is -0.428. The topological polar surface area (TPSA) is 74.2 Å². The lowest BCUT2D eigenvalue weighted by Gasteiger charge is -2.23. The first-order chi connectivity index (χ1) is 9.38. The zero-order valence-electron chi connectivity index (χ0n) is 11.8. The number of nitrogens with two attached hydrogens (primary N) is 1. The molecule has 0 spiro atoms. The first-order valence-electron chi connectivity index (χ1n) is 6.33. The fourth-order valence-electron chi connectivity index (χ4n) is 1.53. The molecule has 108 valence electrons. The lowest BCUT2D eigenvalue weighted by Crippen LogP contribution is -2.26. The molecule has 20 heavy (non-hydrogen) atoms. The van der Waals surface area contributed by atoms with Gasteiger partial charge in [-0.1, -0.05) is 38.1 Å². The van der Waals surface area contributed by atoms with Crippen LogP contribution in [0.4, 0.5) is 4.39 Å². The molecule has 0 fully saturated rings. The second-order valence-corrected chi connectivity index (χ2v) is 5.61. The Hall–Kier alpha value is -1.95. The number of nitrogens with zero attached hydrogens (tertiary/aromatic N) is 2. The van der Waals surface area contributed by atoms with Crippen LogP contribution < -0.4 is 10.5 Å². The van der Waals surface area contributed by atoms with Crippen LogP contribution in [0.25, 0.3) is 0 Å². The van der Waals surface area contributed by atoms with Crippen molar-refractivity contribution in [2.75, 3.05) is 0 Å². The summed E-state index contributed by atoms with van der Waals surface area (Å²) in [6.07, 6.45) is 0. The second-order valence-electron chi connectivity index (χ2n) is 5.61. The fraction of sp³-hybridized carbons (Fsp3) is 0.429. The molecule has 1 heterocycles. The molecule has 0 aliphatic heterocycles. The summed E-state index contributed by atoms with van der Waals surface area (Å²) in [4.78, 5) is 4.17. The van der Waals surface area contributed by atoms with Crippen LogP contribution in [0, 0.1) is 11.2 Å². The van der Waals surface area contributed by atoms with Gasteiger partial charge in [-0.05, 0) is 17.5 Å². The van der Waals surface area contributed by atoms with E-state index in [9.17, 15) is 4.39 Å². The Labute approximate surface area is 116 Å². The molecule has 0 bridgehead atoms. The predicted octanol–water partition coefficient (Wildman–Crippen LogP) is 2.83. The largest absolute Gasteiger partial charge is 0.482 e. The minimum Gasteiger partial charge on any atom is -0.482 e. The molecule has 2 N–H and O–H groups in total. The number of para-hydroxylation sites is 1. The van der Waals surface area contributed by atoms with Gasteiger partial charge < -0.3 is 15.0 Å². The van der Waals surface area contributed by atoms with E-state index in [4.69, 9.17) is 15.0 Å². The van der Waals surface area contributed by atoms with Crippen molar-refractivity contribution in [1.29, 1.82) is 0 Å². The Morgan fingerprint density at radius 3 is 2.70 bits per heavy atom. The molecule has 5 nitrogen and oxygen atoms in total. The summed E-state index contributed by atoms with van der Waals surface area (Å²) in [5, 5.41) is 3.78. The van der Waals surface area contributed by atoms with Gasteiger partial charge in [0.2, 0.25) is 11.7 Å². The first kappa shape index (κ1) is 14.5. The molecule has 0 aliphatic carbocycles. The molecular formula is C14H18FN3O2. The molecule has 2 rings (SSSR count). The van der Waals surface area contributed by atoms with E-state index in [1.807, 2.05) is 20.8 Å². The van der Waals surface area contributed by atoms with Crippen molar-refractivity contribution in [2.45, 2.75) is 33.4 Å². The van der Waals surface area contributed by atoms with Gasteiger partial charge in [-0.2, -0.15) is 4.98 Å². The Kier molecular flexibility index (Phi) is 4.04. The van der Waals surface area contributed by atoms with Crippen LogP contribution in [-0.2, 0) is 6.61 Å². The third kappa shape index (κ3) is 3.33. The molecule has 0 unspecified atom stereocenters. The van der Waals surface area contributed by atoms with Crippen molar-refractivity contribution in [3.63, 3.8) is 0 Å². The van der Waals surface area contributed by atoms with Crippen LogP contribution in [0.1, 0.15) is 38.5 Å². The van der Waals surface area contributed by atoms with Crippen molar-refractivity contribution in [3.05, 3.63) is 41.8 Å². The average Bonchev–Trinajstić information content (AvgIpc) is 2.84. The third-order valence-electron chi connectivity index (χ3n) is 2.88. The highest BCUT2D eigenvalue weighted by molar-refractivity contribution is 5.23. The lowest BCUT2D eigenvalue weighted by atomic mass is 9.87. The first-order valence-corrected chi connectivity index (χ1v) is 6.33. The zero-order chi connectivity index (χ0) is 14.8. The van der Waals surface area contributed by atoms with E-state index in [-0.39, 0.29) is 23.8 Å². The molecule has 0 amide bonds.